The van der Waals surface area contributed by atoms with Gasteiger partial charge in [-0.25, -0.2) is 9.97 Å². The lowest BCUT2D eigenvalue weighted by Gasteiger charge is -2.12. The molecular formula is C10H10N8. The van der Waals surface area contributed by atoms with Crippen LogP contribution in [0.25, 0.3) is 5.65 Å². The van der Waals surface area contributed by atoms with Gasteiger partial charge in [-0.3, -0.25) is 0 Å². The van der Waals surface area contributed by atoms with Crippen LogP contribution in [0.15, 0.2) is 24.9 Å². The van der Waals surface area contributed by atoms with Crippen molar-refractivity contribution in [1.29, 1.82) is 0 Å². The fourth-order valence-electron chi connectivity index (χ4n) is 2.31. The van der Waals surface area contributed by atoms with Crippen molar-refractivity contribution in [2.75, 3.05) is 5.32 Å². The first-order valence-corrected chi connectivity index (χ1v) is 5.68. The van der Waals surface area contributed by atoms with Gasteiger partial charge in [0.1, 0.15) is 0 Å². The van der Waals surface area contributed by atoms with Gasteiger partial charge in [0.15, 0.2) is 5.82 Å². The van der Waals surface area contributed by atoms with Gasteiger partial charge in [-0.1, -0.05) is 0 Å². The lowest BCUT2D eigenvalue weighted by atomic mass is 10.2. The molecule has 3 aromatic heterocycles. The molecule has 1 aliphatic heterocycles. The molecule has 18 heavy (non-hydrogen) atoms. The van der Waals surface area contributed by atoms with Gasteiger partial charge in [0.2, 0.25) is 5.65 Å². The van der Waals surface area contributed by atoms with E-state index in [1.165, 1.54) is 5.69 Å². The Bertz CT molecular complexity index is 678. The molecule has 4 rings (SSSR count). The summed E-state index contributed by atoms with van der Waals surface area (Å²) < 4.78 is 3.74. The third kappa shape index (κ3) is 1.35. The molecule has 0 fully saturated rings. The fourth-order valence-corrected chi connectivity index (χ4v) is 2.31. The van der Waals surface area contributed by atoms with Gasteiger partial charge in [-0.05, 0) is 10.4 Å². The van der Waals surface area contributed by atoms with Crippen LogP contribution in [0.3, 0.4) is 0 Å². The van der Waals surface area contributed by atoms with Crippen LogP contribution in [-0.2, 0) is 13.0 Å². The first-order chi connectivity index (χ1) is 8.90. The van der Waals surface area contributed by atoms with Gasteiger partial charge in [-0.15, -0.1) is 5.10 Å². The van der Waals surface area contributed by atoms with Crippen LogP contribution in [0.1, 0.15) is 5.69 Å². The second kappa shape index (κ2) is 3.49. The van der Waals surface area contributed by atoms with Crippen LogP contribution in [0, 0.1) is 0 Å². The van der Waals surface area contributed by atoms with Crippen LogP contribution in [0.4, 0.5) is 5.82 Å². The highest BCUT2D eigenvalue weighted by Crippen LogP contribution is 2.18. The predicted octanol–water partition coefficient (Wildman–Crippen LogP) is -0.247. The average Bonchev–Trinajstić information content (AvgIpc) is 3.01. The van der Waals surface area contributed by atoms with Crippen molar-refractivity contribution < 1.29 is 0 Å². The molecule has 90 valence electrons. The van der Waals surface area contributed by atoms with Crippen LogP contribution in [-0.4, -0.2) is 40.6 Å². The maximum absolute atomic E-state index is 4.29. The molecule has 1 unspecified atom stereocenters. The first kappa shape index (κ1) is 9.51. The van der Waals surface area contributed by atoms with E-state index in [0.717, 1.165) is 13.0 Å². The van der Waals surface area contributed by atoms with Crippen LogP contribution >= 0.6 is 0 Å². The summed E-state index contributed by atoms with van der Waals surface area (Å²) in [7, 11) is 0. The Morgan fingerprint density at radius 3 is 3.33 bits per heavy atom. The Hall–Kier alpha value is -2.51. The number of nitrogens with one attached hydrogen (secondary N) is 1. The summed E-state index contributed by atoms with van der Waals surface area (Å²) in [6, 6.07) is 0.304. The fraction of sp³-hybridized carbons (Fsp3) is 0.300. The third-order valence-corrected chi connectivity index (χ3v) is 3.13. The number of imidazole rings is 1. The van der Waals surface area contributed by atoms with E-state index in [2.05, 4.69) is 35.4 Å². The zero-order valence-corrected chi connectivity index (χ0v) is 9.43. The second-order valence-corrected chi connectivity index (χ2v) is 4.31. The molecule has 8 heteroatoms. The van der Waals surface area contributed by atoms with Crippen molar-refractivity contribution in [1.82, 2.24) is 34.6 Å². The molecule has 0 saturated carbocycles. The summed E-state index contributed by atoms with van der Waals surface area (Å²) in [5.74, 6) is 0.714. The van der Waals surface area contributed by atoms with Crippen molar-refractivity contribution in [3.8, 4) is 0 Å². The smallest absolute Gasteiger partial charge is 0.221 e. The molecule has 0 radical (unpaired) electrons. The summed E-state index contributed by atoms with van der Waals surface area (Å²) in [5, 5.41) is 14.8. The zero-order chi connectivity index (χ0) is 11.9. The van der Waals surface area contributed by atoms with Gasteiger partial charge >= 0.3 is 0 Å². The maximum Gasteiger partial charge on any atom is 0.221 e. The van der Waals surface area contributed by atoms with E-state index < -0.39 is 0 Å². The van der Waals surface area contributed by atoms with E-state index in [4.69, 9.17) is 0 Å². The number of nitrogens with zero attached hydrogens (tertiary/aromatic N) is 7. The van der Waals surface area contributed by atoms with E-state index in [-0.39, 0.29) is 0 Å². The van der Waals surface area contributed by atoms with Gasteiger partial charge in [0.05, 0.1) is 18.6 Å². The minimum atomic E-state index is 0.304. The van der Waals surface area contributed by atoms with Gasteiger partial charge in [0, 0.05) is 31.1 Å². The number of anilines is 1. The lowest BCUT2D eigenvalue weighted by Crippen LogP contribution is -2.22. The molecular weight excluding hydrogens is 232 g/mol. The molecule has 3 aromatic rings. The van der Waals surface area contributed by atoms with Crippen molar-refractivity contribution in [2.24, 2.45) is 0 Å². The maximum atomic E-state index is 4.29. The van der Waals surface area contributed by atoms with Crippen LogP contribution in [0.2, 0.25) is 0 Å². The normalized spacial score (nSPS) is 18.1. The molecule has 1 aliphatic rings. The molecule has 4 heterocycles. The number of fused-ring (bicyclic) bond motifs is 2. The highest BCUT2D eigenvalue weighted by atomic mass is 15.5. The third-order valence-electron chi connectivity index (χ3n) is 3.13. The summed E-state index contributed by atoms with van der Waals surface area (Å²) in [5.41, 5.74) is 1.88. The largest absolute Gasteiger partial charge is 0.362 e. The van der Waals surface area contributed by atoms with Crippen LogP contribution in [0.5, 0.6) is 0 Å². The number of tetrazole rings is 1. The predicted molar refractivity (Wildman–Crippen MR) is 61.9 cm³/mol. The zero-order valence-electron chi connectivity index (χ0n) is 9.43. The topological polar surface area (TPSA) is 85.8 Å². The Morgan fingerprint density at radius 1 is 1.39 bits per heavy atom. The number of hydrogen-bond acceptors (Lipinski definition) is 6. The summed E-state index contributed by atoms with van der Waals surface area (Å²) in [6.07, 6.45) is 8.09. The Kier molecular flexibility index (Phi) is 1.84. The van der Waals surface area contributed by atoms with Crippen molar-refractivity contribution in [3.63, 3.8) is 0 Å². The summed E-state index contributed by atoms with van der Waals surface area (Å²) in [6.45, 7) is 0.889. The Labute approximate surface area is 102 Å². The van der Waals surface area contributed by atoms with E-state index in [9.17, 15) is 0 Å². The van der Waals surface area contributed by atoms with Crippen LogP contribution < -0.4 is 5.32 Å². The van der Waals surface area contributed by atoms with Gasteiger partial charge in [-0.2, -0.15) is 4.52 Å². The van der Waals surface area contributed by atoms with Gasteiger partial charge < -0.3 is 9.88 Å². The molecule has 8 nitrogen and oxygen atoms in total. The second-order valence-electron chi connectivity index (χ2n) is 4.31. The molecule has 0 amide bonds. The minimum Gasteiger partial charge on any atom is -0.362 e. The lowest BCUT2D eigenvalue weighted by molar-refractivity contribution is 0.669. The first-order valence-electron chi connectivity index (χ1n) is 5.68. The number of rotatable bonds is 2. The van der Waals surface area contributed by atoms with E-state index in [0.29, 0.717) is 17.5 Å². The molecule has 0 saturated heterocycles. The SMILES string of the molecule is c1cn2nnnc2c(NC2Cc3cncn3C2)n1. The summed E-state index contributed by atoms with van der Waals surface area (Å²) >= 11 is 0. The molecule has 1 atom stereocenters. The molecule has 0 spiro atoms. The minimum absolute atomic E-state index is 0.304. The average molecular weight is 242 g/mol. The van der Waals surface area contributed by atoms with Crippen molar-refractivity contribution in [2.45, 2.75) is 19.0 Å². The quantitative estimate of drug-likeness (QED) is 0.667. The molecule has 0 aromatic carbocycles. The monoisotopic (exact) mass is 242 g/mol. The van der Waals surface area contributed by atoms with Crippen molar-refractivity contribution in [3.05, 3.63) is 30.6 Å². The highest BCUT2D eigenvalue weighted by molar-refractivity contribution is 5.61. The van der Waals surface area contributed by atoms with E-state index >= 15 is 0 Å². The number of hydrogen-bond donors (Lipinski definition) is 1. The van der Waals surface area contributed by atoms with Crippen molar-refractivity contribution >= 4 is 11.5 Å². The number of aromatic nitrogens is 7. The highest BCUT2D eigenvalue weighted by Gasteiger charge is 2.22. The Morgan fingerprint density at radius 2 is 2.39 bits per heavy atom. The van der Waals surface area contributed by atoms with E-state index in [1.807, 2.05) is 12.5 Å². The summed E-state index contributed by atoms with van der Waals surface area (Å²) in [4.78, 5) is 8.40. The molecule has 1 N–H and O–H groups in total. The van der Waals surface area contributed by atoms with Gasteiger partial charge in [0.25, 0.3) is 0 Å². The Balaban J connectivity index is 1.62. The molecule has 0 bridgehead atoms. The molecule has 0 aliphatic carbocycles. The van der Waals surface area contributed by atoms with E-state index in [1.54, 1.807) is 16.9 Å². The standard InChI is InChI=1S/C10H10N8/c1-2-18-10(14-15-16-18)9(12-1)13-7-3-8-4-11-6-17(8)5-7/h1-2,4,6-7H,3,5H2,(H,12,13).